The molecule has 0 aliphatic carbocycles. The van der Waals surface area contributed by atoms with Crippen LogP contribution in [0.5, 0.6) is 5.75 Å². The van der Waals surface area contributed by atoms with Crippen LogP contribution in [0.15, 0.2) is 22.7 Å². The molecular formula is C12H15BrFNO2. The Morgan fingerprint density at radius 2 is 2.18 bits per heavy atom. The SMILES string of the molecule is NCC1CCC(COc2cc(Br)ccc2F)O1. The Labute approximate surface area is 108 Å². The number of hydrogen-bond donors (Lipinski definition) is 1. The number of benzene rings is 1. The van der Waals surface area contributed by atoms with Gasteiger partial charge in [-0.15, -0.1) is 0 Å². The lowest BCUT2D eigenvalue weighted by Gasteiger charge is -2.14. The zero-order chi connectivity index (χ0) is 12.3. The van der Waals surface area contributed by atoms with Crippen molar-refractivity contribution in [3.05, 3.63) is 28.5 Å². The predicted octanol–water partition coefficient (Wildman–Crippen LogP) is 2.47. The van der Waals surface area contributed by atoms with Crippen molar-refractivity contribution < 1.29 is 13.9 Å². The first-order valence-electron chi connectivity index (χ1n) is 5.62. The van der Waals surface area contributed by atoms with Crippen molar-refractivity contribution in [1.29, 1.82) is 0 Å². The van der Waals surface area contributed by atoms with Crippen LogP contribution in [0.4, 0.5) is 4.39 Å². The minimum absolute atomic E-state index is 0.0157. The molecule has 1 heterocycles. The van der Waals surface area contributed by atoms with Gasteiger partial charge in [-0.25, -0.2) is 4.39 Å². The van der Waals surface area contributed by atoms with Gasteiger partial charge in [0.15, 0.2) is 11.6 Å². The van der Waals surface area contributed by atoms with E-state index < -0.39 is 0 Å². The van der Waals surface area contributed by atoms with Crippen LogP contribution < -0.4 is 10.5 Å². The average molecular weight is 304 g/mol. The largest absolute Gasteiger partial charge is 0.488 e. The van der Waals surface area contributed by atoms with Crippen LogP contribution in [0.2, 0.25) is 0 Å². The molecule has 1 fully saturated rings. The molecule has 2 N–H and O–H groups in total. The van der Waals surface area contributed by atoms with Gasteiger partial charge in [0.1, 0.15) is 6.61 Å². The second-order valence-corrected chi connectivity index (χ2v) is 4.99. The molecule has 1 saturated heterocycles. The van der Waals surface area contributed by atoms with Gasteiger partial charge in [-0.3, -0.25) is 0 Å². The van der Waals surface area contributed by atoms with E-state index in [1.807, 2.05) is 0 Å². The third-order valence-electron chi connectivity index (χ3n) is 2.78. The first-order chi connectivity index (χ1) is 8.19. The molecule has 0 aromatic heterocycles. The van der Waals surface area contributed by atoms with Crippen LogP contribution in [0.25, 0.3) is 0 Å². The number of nitrogens with two attached hydrogens (primary N) is 1. The van der Waals surface area contributed by atoms with Crippen molar-refractivity contribution >= 4 is 15.9 Å². The molecule has 0 amide bonds. The Kier molecular flexibility index (Phi) is 4.36. The van der Waals surface area contributed by atoms with E-state index in [0.717, 1.165) is 17.3 Å². The fourth-order valence-electron chi connectivity index (χ4n) is 1.85. The second-order valence-electron chi connectivity index (χ2n) is 4.08. The van der Waals surface area contributed by atoms with E-state index >= 15 is 0 Å². The summed E-state index contributed by atoms with van der Waals surface area (Å²) in [6.07, 6.45) is 2.00. The Bertz CT molecular complexity index is 389. The fraction of sp³-hybridized carbons (Fsp3) is 0.500. The summed E-state index contributed by atoms with van der Waals surface area (Å²) in [5.74, 6) is -0.110. The molecule has 1 aliphatic heterocycles. The van der Waals surface area contributed by atoms with Crippen LogP contribution >= 0.6 is 15.9 Å². The lowest BCUT2D eigenvalue weighted by Crippen LogP contribution is -2.23. The molecule has 0 saturated carbocycles. The maximum Gasteiger partial charge on any atom is 0.165 e. The van der Waals surface area contributed by atoms with Crippen LogP contribution in [-0.2, 0) is 4.74 Å². The molecule has 2 atom stereocenters. The lowest BCUT2D eigenvalue weighted by atomic mass is 10.2. The summed E-state index contributed by atoms with van der Waals surface area (Å²) >= 11 is 3.28. The Hall–Kier alpha value is -0.650. The van der Waals surface area contributed by atoms with Crippen molar-refractivity contribution in [2.45, 2.75) is 25.0 Å². The summed E-state index contributed by atoms with van der Waals surface area (Å²) in [7, 11) is 0. The highest BCUT2D eigenvalue weighted by molar-refractivity contribution is 9.10. The summed E-state index contributed by atoms with van der Waals surface area (Å²) in [4.78, 5) is 0. The summed E-state index contributed by atoms with van der Waals surface area (Å²) in [6, 6.07) is 4.63. The zero-order valence-corrected chi connectivity index (χ0v) is 11.0. The normalized spacial score (nSPS) is 23.9. The van der Waals surface area contributed by atoms with E-state index in [0.29, 0.717) is 13.2 Å². The zero-order valence-electron chi connectivity index (χ0n) is 9.36. The van der Waals surface area contributed by atoms with E-state index in [1.165, 1.54) is 6.07 Å². The monoisotopic (exact) mass is 303 g/mol. The van der Waals surface area contributed by atoms with Crippen molar-refractivity contribution in [2.75, 3.05) is 13.2 Å². The number of halogens is 2. The molecule has 17 heavy (non-hydrogen) atoms. The molecular weight excluding hydrogens is 289 g/mol. The van der Waals surface area contributed by atoms with E-state index in [2.05, 4.69) is 15.9 Å². The van der Waals surface area contributed by atoms with Gasteiger partial charge in [-0.05, 0) is 31.0 Å². The molecule has 2 rings (SSSR count). The number of hydrogen-bond acceptors (Lipinski definition) is 3. The summed E-state index contributed by atoms with van der Waals surface area (Å²) in [5.41, 5.74) is 5.52. The first kappa shape index (κ1) is 12.8. The van der Waals surface area contributed by atoms with Gasteiger partial charge in [-0.1, -0.05) is 15.9 Å². The minimum atomic E-state index is -0.360. The molecule has 2 unspecified atom stereocenters. The minimum Gasteiger partial charge on any atom is -0.488 e. The summed E-state index contributed by atoms with van der Waals surface area (Å²) in [5, 5.41) is 0. The van der Waals surface area contributed by atoms with E-state index in [-0.39, 0.29) is 23.8 Å². The molecule has 0 spiro atoms. The third-order valence-corrected chi connectivity index (χ3v) is 3.27. The molecule has 94 valence electrons. The van der Waals surface area contributed by atoms with Gasteiger partial charge in [0, 0.05) is 11.0 Å². The Morgan fingerprint density at radius 1 is 1.41 bits per heavy atom. The molecule has 0 bridgehead atoms. The van der Waals surface area contributed by atoms with Crippen LogP contribution in [0, 0.1) is 5.82 Å². The Balaban J connectivity index is 1.88. The standard InChI is InChI=1S/C12H15BrFNO2/c13-8-1-4-11(14)12(5-8)16-7-10-3-2-9(6-15)17-10/h1,4-5,9-10H,2-3,6-7,15H2. The van der Waals surface area contributed by atoms with E-state index in [1.54, 1.807) is 12.1 Å². The highest BCUT2D eigenvalue weighted by Crippen LogP contribution is 2.24. The fourth-order valence-corrected chi connectivity index (χ4v) is 2.19. The van der Waals surface area contributed by atoms with Crippen molar-refractivity contribution in [3.63, 3.8) is 0 Å². The maximum absolute atomic E-state index is 13.4. The highest BCUT2D eigenvalue weighted by Gasteiger charge is 2.24. The summed E-state index contributed by atoms with van der Waals surface area (Å²) < 4.78 is 25.2. The van der Waals surface area contributed by atoms with Crippen molar-refractivity contribution in [3.8, 4) is 5.75 Å². The first-order valence-corrected chi connectivity index (χ1v) is 6.41. The van der Waals surface area contributed by atoms with E-state index in [9.17, 15) is 4.39 Å². The third kappa shape index (κ3) is 3.40. The van der Waals surface area contributed by atoms with Gasteiger partial charge in [0.05, 0.1) is 12.2 Å². The van der Waals surface area contributed by atoms with Crippen LogP contribution in [0.3, 0.4) is 0 Å². The lowest BCUT2D eigenvalue weighted by molar-refractivity contribution is 0.0214. The number of ether oxygens (including phenoxy) is 2. The number of rotatable bonds is 4. The Morgan fingerprint density at radius 3 is 2.88 bits per heavy atom. The van der Waals surface area contributed by atoms with Gasteiger partial charge in [-0.2, -0.15) is 0 Å². The van der Waals surface area contributed by atoms with Gasteiger partial charge in [0.25, 0.3) is 0 Å². The summed E-state index contributed by atoms with van der Waals surface area (Å²) in [6.45, 7) is 0.894. The van der Waals surface area contributed by atoms with Gasteiger partial charge >= 0.3 is 0 Å². The molecule has 3 nitrogen and oxygen atoms in total. The smallest absolute Gasteiger partial charge is 0.165 e. The van der Waals surface area contributed by atoms with Crippen molar-refractivity contribution in [1.82, 2.24) is 0 Å². The van der Waals surface area contributed by atoms with Crippen LogP contribution in [-0.4, -0.2) is 25.4 Å². The molecule has 1 aromatic carbocycles. The molecule has 1 aliphatic rings. The van der Waals surface area contributed by atoms with Crippen molar-refractivity contribution in [2.24, 2.45) is 5.73 Å². The highest BCUT2D eigenvalue weighted by atomic mass is 79.9. The second kappa shape index (κ2) is 5.80. The molecule has 0 radical (unpaired) electrons. The van der Waals surface area contributed by atoms with Gasteiger partial charge < -0.3 is 15.2 Å². The van der Waals surface area contributed by atoms with E-state index in [4.69, 9.17) is 15.2 Å². The van der Waals surface area contributed by atoms with Crippen LogP contribution in [0.1, 0.15) is 12.8 Å². The average Bonchev–Trinajstić information content (AvgIpc) is 2.78. The van der Waals surface area contributed by atoms with Gasteiger partial charge in [0.2, 0.25) is 0 Å². The predicted molar refractivity (Wildman–Crippen MR) is 66.5 cm³/mol. The maximum atomic E-state index is 13.4. The quantitative estimate of drug-likeness (QED) is 0.929. The molecule has 1 aromatic rings. The molecule has 5 heteroatoms. The topological polar surface area (TPSA) is 44.5 Å².